The van der Waals surface area contributed by atoms with E-state index in [1.165, 1.54) is 37.7 Å². The van der Waals surface area contributed by atoms with Gasteiger partial charge in [0, 0.05) is 5.33 Å². The molecule has 0 aliphatic heterocycles. The van der Waals surface area contributed by atoms with E-state index in [4.69, 9.17) is 0 Å². The number of halogens is 1. The van der Waals surface area contributed by atoms with Crippen molar-refractivity contribution < 1.29 is 5.11 Å². The van der Waals surface area contributed by atoms with Gasteiger partial charge in [-0.1, -0.05) is 65.5 Å². The smallest absolute Gasteiger partial charge is 0.0780 e. The standard InChI is InChI=1S/C17H23BrO/c18-12-17(19)11-5-9-14-8-4-10-15(16(14)17)13-6-2-1-3-7-13/h1-3,6-7,14-16,19H,4-5,8-12H2/t14-,15+,16-,17?/m1/s1. The molecule has 4 atom stereocenters. The first-order valence-corrected chi connectivity index (χ1v) is 8.70. The molecule has 1 nitrogen and oxygen atoms in total. The maximum atomic E-state index is 11.1. The third-order valence-corrected chi connectivity index (χ3v) is 6.27. The van der Waals surface area contributed by atoms with Crippen LogP contribution in [0.1, 0.15) is 50.0 Å². The summed E-state index contributed by atoms with van der Waals surface area (Å²) in [5.41, 5.74) is 0.933. The van der Waals surface area contributed by atoms with Crippen molar-refractivity contribution in [3.8, 4) is 0 Å². The van der Waals surface area contributed by atoms with E-state index in [-0.39, 0.29) is 0 Å². The number of hydrogen-bond donors (Lipinski definition) is 1. The summed E-state index contributed by atoms with van der Waals surface area (Å²) in [6.07, 6.45) is 7.32. The van der Waals surface area contributed by atoms with Gasteiger partial charge >= 0.3 is 0 Å². The second kappa shape index (κ2) is 5.57. The number of benzene rings is 1. The van der Waals surface area contributed by atoms with Crippen LogP contribution in [0.15, 0.2) is 30.3 Å². The van der Waals surface area contributed by atoms with Crippen molar-refractivity contribution in [1.82, 2.24) is 0 Å². The Hall–Kier alpha value is -0.340. The SMILES string of the molecule is OC1(CBr)CCC[C@H]2CCC[C@@H](c3ccccc3)[C@@H]21. The molecule has 0 aromatic heterocycles. The highest BCUT2D eigenvalue weighted by molar-refractivity contribution is 9.09. The van der Waals surface area contributed by atoms with Crippen molar-refractivity contribution in [3.05, 3.63) is 35.9 Å². The van der Waals surface area contributed by atoms with Gasteiger partial charge in [-0.3, -0.25) is 0 Å². The molecule has 2 aliphatic carbocycles. The van der Waals surface area contributed by atoms with Gasteiger partial charge in [0.25, 0.3) is 0 Å². The highest BCUT2D eigenvalue weighted by Gasteiger charge is 2.48. The van der Waals surface area contributed by atoms with Crippen LogP contribution in [-0.2, 0) is 0 Å². The number of fused-ring (bicyclic) bond motifs is 1. The van der Waals surface area contributed by atoms with E-state index in [0.717, 1.165) is 17.7 Å². The first kappa shape index (κ1) is 13.6. The molecule has 2 aliphatic rings. The zero-order chi connectivity index (χ0) is 13.3. The third kappa shape index (κ3) is 2.50. The normalized spacial score (nSPS) is 38.7. The van der Waals surface area contributed by atoms with Gasteiger partial charge in [0.2, 0.25) is 0 Å². The molecule has 0 bridgehead atoms. The van der Waals surface area contributed by atoms with Crippen LogP contribution in [0.4, 0.5) is 0 Å². The van der Waals surface area contributed by atoms with Gasteiger partial charge in [-0.2, -0.15) is 0 Å². The third-order valence-electron chi connectivity index (χ3n) is 5.30. The van der Waals surface area contributed by atoms with Gasteiger partial charge in [0.15, 0.2) is 0 Å². The topological polar surface area (TPSA) is 20.2 Å². The molecular weight excluding hydrogens is 300 g/mol. The fraction of sp³-hybridized carbons (Fsp3) is 0.647. The lowest BCUT2D eigenvalue weighted by Gasteiger charge is -2.50. The van der Waals surface area contributed by atoms with Crippen LogP contribution in [0.5, 0.6) is 0 Å². The van der Waals surface area contributed by atoms with Gasteiger partial charge in [-0.05, 0) is 42.6 Å². The van der Waals surface area contributed by atoms with Gasteiger partial charge in [0.1, 0.15) is 0 Å². The zero-order valence-corrected chi connectivity index (χ0v) is 13.0. The monoisotopic (exact) mass is 322 g/mol. The van der Waals surface area contributed by atoms with Crippen molar-refractivity contribution in [3.63, 3.8) is 0 Å². The molecule has 1 aromatic carbocycles. The fourth-order valence-corrected chi connectivity index (χ4v) is 5.15. The van der Waals surface area contributed by atoms with E-state index in [2.05, 4.69) is 46.3 Å². The minimum absolute atomic E-state index is 0.441. The summed E-state index contributed by atoms with van der Waals surface area (Å²) in [5.74, 6) is 1.70. The van der Waals surface area contributed by atoms with Crippen LogP contribution in [0.25, 0.3) is 0 Å². The van der Waals surface area contributed by atoms with E-state index in [1.807, 2.05) is 0 Å². The molecule has 0 spiro atoms. The molecule has 1 unspecified atom stereocenters. The molecule has 3 rings (SSSR count). The maximum absolute atomic E-state index is 11.1. The number of hydrogen-bond acceptors (Lipinski definition) is 1. The van der Waals surface area contributed by atoms with E-state index < -0.39 is 5.60 Å². The first-order valence-electron chi connectivity index (χ1n) is 7.58. The average Bonchev–Trinajstić information content (AvgIpc) is 2.48. The van der Waals surface area contributed by atoms with E-state index in [0.29, 0.717) is 11.8 Å². The van der Waals surface area contributed by atoms with Crippen molar-refractivity contribution in [2.45, 2.75) is 50.0 Å². The van der Waals surface area contributed by atoms with Crippen molar-refractivity contribution in [2.24, 2.45) is 11.8 Å². The van der Waals surface area contributed by atoms with Crippen LogP contribution >= 0.6 is 15.9 Å². The minimum atomic E-state index is -0.496. The highest BCUT2D eigenvalue weighted by atomic mass is 79.9. The first-order chi connectivity index (χ1) is 9.24. The summed E-state index contributed by atoms with van der Waals surface area (Å²) in [4.78, 5) is 0. The summed E-state index contributed by atoms with van der Waals surface area (Å²) in [7, 11) is 0. The van der Waals surface area contributed by atoms with Gasteiger partial charge < -0.3 is 5.11 Å². The Morgan fingerprint density at radius 2 is 1.84 bits per heavy atom. The number of aliphatic hydroxyl groups is 1. The summed E-state index contributed by atoms with van der Waals surface area (Å²) in [6, 6.07) is 10.8. The highest BCUT2D eigenvalue weighted by Crippen LogP contribution is 2.52. The van der Waals surface area contributed by atoms with E-state index in [1.54, 1.807) is 0 Å². The van der Waals surface area contributed by atoms with E-state index in [9.17, 15) is 5.11 Å². The summed E-state index contributed by atoms with van der Waals surface area (Å²) in [5, 5.41) is 11.8. The minimum Gasteiger partial charge on any atom is -0.389 e. The predicted molar refractivity (Wildman–Crippen MR) is 82.6 cm³/mol. The molecule has 0 saturated heterocycles. The lowest BCUT2D eigenvalue weighted by molar-refractivity contribution is -0.0793. The summed E-state index contributed by atoms with van der Waals surface area (Å²) >= 11 is 3.58. The molecule has 1 aromatic rings. The zero-order valence-electron chi connectivity index (χ0n) is 11.4. The Morgan fingerprint density at radius 3 is 2.58 bits per heavy atom. The molecule has 0 amide bonds. The second-order valence-corrected chi connectivity index (χ2v) is 6.92. The molecule has 2 fully saturated rings. The molecule has 1 N–H and O–H groups in total. The quantitative estimate of drug-likeness (QED) is 0.795. The molecule has 104 valence electrons. The summed E-state index contributed by atoms with van der Waals surface area (Å²) < 4.78 is 0. The molecule has 0 radical (unpaired) electrons. The predicted octanol–water partition coefficient (Wildman–Crippen LogP) is 4.50. The van der Waals surface area contributed by atoms with Crippen LogP contribution in [0, 0.1) is 11.8 Å². The lowest BCUT2D eigenvalue weighted by atomic mass is 9.58. The lowest BCUT2D eigenvalue weighted by Crippen LogP contribution is -2.50. The van der Waals surface area contributed by atoms with Crippen LogP contribution in [0.3, 0.4) is 0 Å². The Morgan fingerprint density at radius 1 is 1.11 bits per heavy atom. The van der Waals surface area contributed by atoms with Gasteiger partial charge in [-0.25, -0.2) is 0 Å². The van der Waals surface area contributed by atoms with Gasteiger partial charge in [0.05, 0.1) is 5.60 Å². The number of alkyl halides is 1. The Kier molecular flexibility index (Phi) is 4.00. The molecule has 19 heavy (non-hydrogen) atoms. The van der Waals surface area contributed by atoms with Crippen molar-refractivity contribution >= 4 is 15.9 Å². The fourth-order valence-electron chi connectivity index (χ4n) is 4.49. The van der Waals surface area contributed by atoms with Crippen LogP contribution in [0.2, 0.25) is 0 Å². The largest absolute Gasteiger partial charge is 0.389 e. The Balaban J connectivity index is 1.94. The Labute approximate surface area is 124 Å². The average molecular weight is 323 g/mol. The second-order valence-electron chi connectivity index (χ2n) is 6.36. The molecule has 2 heteroatoms. The molecule has 0 heterocycles. The molecule has 2 saturated carbocycles. The van der Waals surface area contributed by atoms with E-state index >= 15 is 0 Å². The maximum Gasteiger partial charge on any atom is 0.0780 e. The summed E-state index contributed by atoms with van der Waals surface area (Å²) in [6.45, 7) is 0. The van der Waals surface area contributed by atoms with Crippen LogP contribution in [-0.4, -0.2) is 16.0 Å². The van der Waals surface area contributed by atoms with Crippen molar-refractivity contribution in [2.75, 3.05) is 5.33 Å². The molecular formula is C17H23BrO. The van der Waals surface area contributed by atoms with Crippen molar-refractivity contribution in [1.29, 1.82) is 0 Å². The van der Waals surface area contributed by atoms with Crippen LogP contribution < -0.4 is 0 Å². The Bertz CT molecular complexity index is 417. The van der Waals surface area contributed by atoms with Gasteiger partial charge in [-0.15, -0.1) is 0 Å². The number of rotatable bonds is 2.